The quantitative estimate of drug-likeness (QED) is 0.818. The molecule has 92 valence electrons. The highest BCUT2D eigenvalue weighted by molar-refractivity contribution is 9.10. The van der Waals surface area contributed by atoms with Gasteiger partial charge in [-0.25, -0.2) is 0 Å². The molecule has 0 unspecified atom stereocenters. The van der Waals surface area contributed by atoms with Crippen LogP contribution < -0.4 is 5.32 Å². The number of halogens is 2. The van der Waals surface area contributed by atoms with Crippen LogP contribution in [0.15, 0.2) is 46.9 Å². The first kappa shape index (κ1) is 12.9. The smallest absolute Gasteiger partial charge is 0.257 e. The summed E-state index contributed by atoms with van der Waals surface area (Å²) in [5, 5.41) is 12.5. The molecule has 2 aromatic carbocycles. The van der Waals surface area contributed by atoms with E-state index < -0.39 is 0 Å². The van der Waals surface area contributed by atoms with Gasteiger partial charge in [0, 0.05) is 4.47 Å². The molecule has 18 heavy (non-hydrogen) atoms. The summed E-state index contributed by atoms with van der Waals surface area (Å²) in [5.41, 5.74) is 0.699. The van der Waals surface area contributed by atoms with Crippen molar-refractivity contribution < 1.29 is 9.90 Å². The highest BCUT2D eigenvalue weighted by Gasteiger charge is 2.12. The molecule has 2 aromatic rings. The van der Waals surface area contributed by atoms with Crippen molar-refractivity contribution >= 4 is 39.1 Å². The summed E-state index contributed by atoms with van der Waals surface area (Å²) in [7, 11) is 0. The van der Waals surface area contributed by atoms with Crippen LogP contribution in [-0.4, -0.2) is 11.0 Å². The average molecular weight is 327 g/mol. The average Bonchev–Trinajstić information content (AvgIpc) is 2.32. The van der Waals surface area contributed by atoms with Gasteiger partial charge in [-0.15, -0.1) is 0 Å². The summed E-state index contributed by atoms with van der Waals surface area (Å²) >= 11 is 9.24. The maximum absolute atomic E-state index is 12.0. The molecule has 2 rings (SSSR count). The van der Waals surface area contributed by atoms with E-state index in [-0.39, 0.29) is 11.7 Å². The Bertz CT molecular complexity index is 601. The Morgan fingerprint density at radius 2 is 1.94 bits per heavy atom. The van der Waals surface area contributed by atoms with E-state index in [9.17, 15) is 9.90 Å². The lowest BCUT2D eigenvalue weighted by atomic mass is 10.2. The monoisotopic (exact) mass is 325 g/mol. The fourth-order valence-electron chi connectivity index (χ4n) is 1.44. The molecular weight excluding hydrogens is 318 g/mol. The number of para-hydroxylation sites is 2. The van der Waals surface area contributed by atoms with E-state index in [4.69, 9.17) is 11.6 Å². The van der Waals surface area contributed by atoms with Crippen LogP contribution in [0.5, 0.6) is 5.75 Å². The first-order valence-electron chi connectivity index (χ1n) is 5.12. The summed E-state index contributed by atoms with van der Waals surface area (Å²) in [5.74, 6) is -0.354. The first-order valence-corrected chi connectivity index (χ1v) is 6.29. The standard InChI is InChI=1S/C13H9BrClNO2/c14-8-5-6-9(10(15)7-8)13(18)16-11-3-1-2-4-12(11)17/h1-7,17H,(H,16,18). The van der Waals surface area contributed by atoms with Crippen LogP contribution in [0.3, 0.4) is 0 Å². The van der Waals surface area contributed by atoms with Crippen molar-refractivity contribution in [1.29, 1.82) is 0 Å². The van der Waals surface area contributed by atoms with Gasteiger partial charge in [-0.2, -0.15) is 0 Å². The predicted molar refractivity (Wildman–Crippen MR) is 75.2 cm³/mol. The summed E-state index contributed by atoms with van der Waals surface area (Å²) in [6, 6.07) is 11.5. The molecule has 0 radical (unpaired) electrons. The molecule has 5 heteroatoms. The summed E-state index contributed by atoms with van der Waals surface area (Å²) in [6.07, 6.45) is 0. The van der Waals surface area contributed by atoms with E-state index in [1.165, 1.54) is 6.07 Å². The second-order valence-corrected chi connectivity index (χ2v) is 4.92. The molecule has 0 bridgehead atoms. The number of nitrogens with one attached hydrogen (secondary N) is 1. The van der Waals surface area contributed by atoms with Gasteiger partial charge in [0.1, 0.15) is 5.75 Å². The topological polar surface area (TPSA) is 49.3 Å². The third kappa shape index (κ3) is 2.83. The predicted octanol–water partition coefficient (Wildman–Crippen LogP) is 4.06. The lowest BCUT2D eigenvalue weighted by Gasteiger charge is -2.08. The fourth-order valence-corrected chi connectivity index (χ4v) is 2.20. The van der Waals surface area contributed by atoms with Crippen molar-refractivity contribution in [2.45, 2.75) is 0 Å². The lowest BCUT2D eigenvalue weighted by molar-refractivity contribution is 0.102. The number of hydrogen-bond donors (Lipinski definition) is 2. The number of carbonyl (C=O) groups excluding carboxylic acids is 1. The van der Waals surface area contributed by atoms with E-state index in [1.54, 1.807) is 36.4 Å². The highest BCUT2D eigenvalue weighted by Crippen LogP contribution is 2.25. The van der Waals surface area contributed by atoms with Gasteiger partial charge in [-0.05, 0) is 30.3 Å². The fraction of sp³-hybridized carbons (Fsp3) is 0. The molecule has 0 saturated carbocycles. The van der Waals surface area contributed by atoms with Gasteiger partial charge in [0.2, 0.25) is 0 Å². The zero-order valence-corrected chi connectivity index (χ0v) is 11.5. The maximum atomic E-state index is 12.0. The minimum absolute atomic E-state index is 0.0130. The van der Waals surface area contributed by atoms with Gasteiger partial charge in [-0.1, -0.05) is 39.7 Å². The highest BCUT2D eigenvalue weighted by atomic mass is 79.9. The summed E-state index contributed by atoms with van der Waals surface area (Å²) in [6.45, 7) is 0. The van der Waals surface area contributed by atoms with Gasteiger partial charge in [0.15, 0.2) is 0 Å². The molecule has 0 aliphatic heterocycles. The zero-order valence-electron chi connectivity index (χ0n) is 9.15. The van der Waals surface area contributed by atoms with Crippen LogP contribution in [-0.2, 0) is 0 Å². The molecule has 3 nitrogen and oxygen atoms in total. The Morgan fingerprint density at radius 1 is 1.22 bits per heavy atom. The molecule has 1 amide bonds. The number of phenolic OH excluding ortho intramolecular Hbond substituents is 1. The third-order valence-electron chi connectivity index (χ3n) is 2.33. The number of rotatable bonds is 2. The Hall–Kier alpha value is -1.52. The minimum Gasteiger partial charge on any atom is -0.506 e. The molecule has 0 fully saturated rings. The number of amides is 1. The minimum atomic E-state index is -0.367. The van der Waals surface area contributed by atoms with Crippen LogP contribution in [0.2, 0.25) is 5.02 Å². The van der Waals surface area contributed by atoms with Crippen molar-refractivity contribution in [3.8, 4) is 5.75 Å². The first-order chi connectivity index (χ1) is 8.58. The Morgan fingerprint density at radius 3 is 2.61 bits per heavy atom. The van der Waals surface area contributed by atoms with Crippen molar-refractivity contribution in [2.75, 3.05) is 5.32 Å². The second kappa shape index (κ2) is 5.42. The van der Waals surface area contributed by atoms with Gasteiger partial charge in [0.05, 0.1) is 16.3 Å². The van der Waals surface area contributed by atoms with Crippen molar-refractivity contribution in [2.24, 2.45) is 0 Å². The molecule has 2 N–H and O–H groups in total. The van der Waals surface area contributed by atoms with Crippen molar-refractivity contribution in [1.82, 2.24) is 0 Å². The van der Waals surface area contributed by atoms with E-state index in [1.807, 2.05) is 0 Å². The van der Waals surface area contributed by atoms with Gasteiger partial charge < -0.3 is 10.4 Å². The van der Waals surface area contributed by atoms with Gasteiger partial charge in [0.25, 0.3) is 5.91 Å². The van der Waals surface area contributed by atoms with Crippen LogP contribution in [0, 0.1) is 0 Å². The van der Waals surface area contributed by atoms with Crippen LogP contribution in [0.25, 0.3) is 0 Å². The number of carbonyl (C=O) groups is 1. The molecule has 0 heterocycles. The Balaban J connectivity index is 2.25. The maximum Gasteiger partial charge on any atom is 0.257 e. The third-order valence-corrected chi connectivity index (χ3v) is 3.13. The summed E-state index contributed by atoms with van der Waals surface area (Å²) < 4.78 is 0.798. The number of benzene rings is 2. The lowest BCUT2D eigenvalue weighted by Crippen LogP contribution is -2.12. The molecule has 0 atom stereocenters. The van der Waals surface area contributed by atoms with Crippen LogP contribution in [0.4, 0.5) is 5.69 Å². The largest absolute Gasteiger partial charge is 0.506 e. The molecule has 0 saturated heterocycles. The van der Waals surface area contributed by atoms with E-state index in [0.717, 1.165) is 4.47 Å². The van der Waals surface area contributed by atoms with Crippen LogP contribution in [0.1, 0.15) is 10.4 Å². The van der Waals surface area contributed by atoms with E-state index in [0.29, 0.717) is 16.3 Å². The number of aromatic hydroxyl groups is 1. The van der Waals surface area contributed by atoms with Crippen LogP contribution >= 0.6 is 27.5 Å². The molecular formula is C13H9BrClNO2. The molecule has 0 spiro atoms. The Kier molecular flexibility index (Phi) is 3.89. The van der Waals surface area contributed by atoms with Crippen molar-refractivity contribution in [3.63, 3.8) is 0 Å². The molecule has 0 aromatic heterocycles. The van der Waals surface area contributed by atoms with Crippen molar-refractivity contribution in [3.05, 3.63) is 57.5 Å². The summed E-state index contributed by atoms with van der Waals surface area (Å²) in [4.78, 5) is 12.0. The van der Waals surface area contributed by atoms with E-state index >= 15 is 0 Å². The molecule has 0 aliphatic rings. The number of anilines is 1. The Labute approximate surface area is 118 Å². The zero-order chi connectivity index (χ0) is 13.1. The SMILES string of the molecule is O=C(Nc1ccccc1O)c1ccc(Br)cc1Cl. The van der Waals surface area contributed by atoms with E-state index in [2.05, 4.69) is 21.2 Å². The van der Waals surface area contributed by atoms with Gasteiger partial charge in [-0.3, -0.25) is 4.79 Å². The second-order valence-electron chi connectivity index (χ2n) is 3.60. The number of hydrogen-bond acceptors (Lipinski definition) is 2. The number of phenols is 1. The van der Waals surface area contributed by atoms with Gasteiger partial charge >= 0.3 is 0 Å². The normalized spacial score (nSPS) is 10.1. The molecule has 0 aliphatic carbocycles.